The highest BCUT2D eigenvalue weighted by atomic mass is 14.9. The third-order valence-corrected chi connectivity index (χ3v) is 4.74. The second-order valence-corrected chi connectivity index (χ2v) is 6.24. The average Bonchev–Trinajstić information content (AvgIpc) is 3.03. The zero-order valence-corrected chi connectivity index (χ0v) is 12.2. The molecule has 3 atom stereocenters. The van der Waals surface area contributed by atoms with Crippen LogP contribution in [0.25, 0.3) is 0 Å². The topological polar surface area (TPSA) is 24.1 Å². The highest BCUT2D eigenvalue weighted by Crippen LogP contribution is 2.30. The quantitative estimate of drug-likeness (QED) is 0.801. The van der Waals surface area contributed by atoms with Crippen LogP contribution in [0.1, 0.15) is 32.1 Å². The maximum absolute atomic E-state index is 3.71. The first-order valence-corrected chi connectivity index (χ1v) is 8.09. The van der Waals surface area contributed by atoms with E-state index in [4.69, 9.17) is 0 Å². The van der Waals surface area contributed by atoms with E-state index >= 15 is 0 Å². The van der Waals surface area contributed by atoms with E-state index < -0.39 is 0 Å². The molecule has 2 aliphatic heterocycles. The Morgan fingerprint density at radius 1 is 0.950 bits per heavy atom. The van der Waals surface area contributed by atoms with Crippen molar-refractivity contribution in [3.63, 3.8) is 0 Å². The van der Waals surface area contributed by atoms with Crippen LogP contribution in [0.5, 0.6) is 0 Å². The van der Waals surface area contributed by atoms with Crippen molar-refractivity contribution in [3.8, 4) is 0 Å². The van der Waals surface area contributed by atoms with Gasteiger partial charge in [0.05, 0.1) is 0 Å². The van der Waals surface area contributed by atoms with E-state index in [1.165, 1.54) is 38.6 Å². The Kier molecular flexibility index (Phi) is 4.75. The Bertz CT molecular complexity index is 401. The lowest BCUT2D eigenvalue weighted by atomic mass is 9.81. The molecule has 1 fully saturated rings. The van der Waals surface area contributed by atoms with Crippen molar-refractivity contribution < 1.29 is 0 Å². The van der Waals surface area contributed by atoms with Crippen LogP contribution in [0.2, 0.25) is 0 Å². The molecule has 0 radical (unpaired) electrons. The van der Waals surface area contributed by atoms with Crippen LogP contribution in [-0.2, 0) is 0 Å². The van der Waals surface area contributed by atoms with Gasteiger partial charge in [0, 0.05) is 12.1 Å². The molecule has 0 aromatic rings. The lowest BCUT2D eigenvalue weighted by Crippen LogP contribution is -2.38. The first-order valence-electron chi connectivity index (χ1n) is 8.09. The van der Waals surface area contributed by atoms with Gasteiger partial charge in [0.2, 0.25) is 0 Å². The standard InChI is InChI=1S/C18H26N2/c1-2-8-15(7-1)16(13-17-9-3-5-11-19-17)14-18-10-4-6-12-20-18/h1-3,5,7-9,11,15-20H,4,6,10,12-14H2. The summed E-state index contributed by atoms with van der Waals surface area (Å²) in [5.74, 6) is 1.36. The van der Waals surface area contributed by atoms with E-state index in [0.29, 0.717) is 12.0 Å². The molecule has 0 amide bonds. The average molecular weight is 270 g/mol. The number of allylic oxidation sites excluding steroid dienone is 6. The molecule has 0 aromatic heterocycles. The highest BCUT2D eigenvalue weighted by molar-refractivity contribution is 5.20. The molecule has 0 spiro atoms. The summed E-state index contributed by atoms with van der Waals surface area (Å²) in [5.41, 5.74) is 0. The highest BCUT2D eigenvalue weighted by Gasteiger charge is 2.25. The van der Waals surface area contributed by atoms with Gasteiger partial charge >= 0.3 is 0 Å². The Morgan fingerprint density at radius 3 is 2.50 bits per heavy atom. The van der Waals surface area contributed by atoms with Crippen molar-refractivity contribution >= 4 is 0 Å². The molecule has 2 heterocycles. The fourth-order valence-corrected chi connectivity index (χ4v) is 3.63. The third-order valence-electron chi connectivity index (χ3n) is 4.74. The molecule has 0 bridgehead atoms. The predicted molar refractivity (Wildman–Crippen MR) is 85.3 cm³/mol. The van der Waals surface area contributed by atoms with E-state index in [-0.39, 0.29) is 0 Å². The van der Waals surface area contributed by atoms with Crippen molar-refractivity contribution in [2.24, 2.45) is 11.8 Å². The maximum Gasteiger partial charge on any atom is 0.0444 e. The van der Waals surface area contributed by atoms with Crippen molar-refractivity contribution in [3.05, 3.63) is 48.7 Å². The van der Waals surface area contributed by atoms with E-state index in [2.05, 4.69) is 59.4 Å². The van der Waals surface area contributed by atoms with E-state index in [1.54, 1.807) is 0 Å². The minimum atomic E-state index is 0.496. The number of piperidine rings is 1. The summed E-state index contributed by atoms with van der Waals surface area (Å²) < 4.78 is 0. The zero-order chi connectivity index (χ0) is 13.6. The first kappa shape index (κ1) is 13.7. The van der Waals surface area contributed by atoms with Gasteiger partial charge in [0.15, 0.2) is 0 Å². The van der Waals surface area contributed by atoms with Crippen molar-refractivity contribution in [1.82, 2.24) is 10.6 Å². The summed E-state index contributed by atoms with van der Waals surface area (Å²) in [4.78, 5) is 0. The summed E-state index contributed by atoms with van der Waals surface area (Å²) in [6, 6.07) is 1.22. The lowest BCUT2D eigenvalue weighted by molar-refractivity contribution is 0.283. The molecule has 1 saturated heterocycles. The molecule has 108 valence electrons. The molecule has 0 saturated carbocycles. The Morgan fingerprint density at radius 2 is 1.80 bits per heavy atom. The number of hydrogen-bond donors (Lipinski definition) is 2. The number of dihydropyridines is 1. The van der Waals surface area contributed by atoms with Gasteiger partial charge in [-0.05, 0) is 56.3 Å². The van der Waals surface area contributed by atoms with Crippen molar-refractivity contribution in [2.45, 2.75) is 44.2 Å². The summed E-state index contributed by atoms with van der Waals surface area (Å²) in [7, 11) is 0. The van der Waals surface area contributed by atoms with E-state index in [1.807, 2.05) is 0 Å². The maximum atomic E-state index is 3.71. The van der Waals surface area contributed by atoms with Gasteiger partial charge in [-0.15, -0.1) is 0 Å². The van der Waals surface area contributed by atoms with Crippen LogP contribution in [0, 0.1) is 11.8 Å². The van der Waals surface area contributed by atoms with Gasteiger partial charge in [0.1, 0.15) is 0 Å². The fourth-order valence-electron chi connectivity index (χ4n) is 3.63. The molecule has 3 unspecified atom stereocenters. The Balaban J connectivity index is 1.60. The van der Waals surface area contributed by atoms with Gasteiger partial charge in [-0.3, -0.25) is 0 Å². The second-order valence-electron chi connectivity index (χ2n) is 6.24. The van der Waals surface area contributed by atoms with Gasteiger partial charge in [-0.2, -0.15) is 0 Å². The molecule has 2 heteroatoms. The first-order chi connectivity index (χ1) is 9.92. The van der Waals surface area contributed by atoms with Crippen LogP contribution >= 0.6 is 0 Å². The van der Waals surface area contributed by atoms with Crippen LogP contribution in [0.3, 0.4) is 0 Å². The minimum Gasteiger partial charge on any atom is -0.385 e. The molecule has 1 aliphatic carbocycles. The molecule has 3 rings (SSSR count). The predicted octanol–water partition coefficient (Wildman–Crippen LogP) is 3.31. The number of rotatable bonds is 5. The van der Waals surface area contributed by atoms with E-state index in [0.717, 1.165) is 12.0 Å². The summed E-state index contributed by atoms with van der Waals surface area (Å²) in [6.45, 7) is 1.21. The number of hydrogen-bond acceptors (Lipinski definition) is 2. The summed E-state index contributed by atoms with van der Waals surface area (Å²) in [5, 5.41) is 7.18. The molecule has 20 heavy (non-hydrogen) atoms. The monoisotopic (exact) mass is 270 g/mol. The summed E-state index contributed by atoms with van der Waals surface area (Å²) >= 11 is 0. The molecule has 0 aromatic carbocycles. The van der Waals surface area contributed by atoms with Crippen LogP contribution in [0.15, 0.2) is 48.7 Å². The minimum absolute atomic E-state index is 0.496. The molecular weight excluding hydrogens is 244 g/mol. The Hall–Kier alpha value is -1.28. The fraction of sp³-hybridized carbons (Fsp3) is 0.556. The van der Waals surface area contributed by atoms with Gasteiger partial charge < -0.3 is 10.6 Å². The van der Waals surface area contributed by atoms with E-state index in [9.17, 15) is 0 Å². The molecular formula is C18H26N2. The third kappa shape index (κ3) is 3.63. The smallest absolute Gasteiger partial charge is 0.0444 e. The largest absolute Gasteiger partial charge is 0.385 e. The van der Waals surface area contributed by atoms with Crippen molar-refractivity contribution in [1.29, 1.82) is 0 Å². The second kappa shape index (κ2) is 6.94. The molecule has 3 aliphatic rings. The normalized spacial score (nSPS) is 30.6. The molecule has 2 nitrogen and oxygen atoms in total. The van der Waals surface area contributed by atoms with Gasteiger partial charge in [0.25, 0.3) is 0 Å². The molecule has 2 N–H and O–H groups in total. The number of nitrogens with one attached hydrogen (secondary N) is 2. The van der Waals surface area contributed by atoms with Crippen molar-refractivity contribution in [2.75, 3.05) is 6.54 Å². The summed E-state index contributed by atoms with van der Waals surface area (Å²) in [6.07, 6.45) is 24.4. The SMILES string of the molecule is C1=CNC(CC(CC2CCCCN2)C2C=CC=C2)C=C1. The van der Waals surface area contributed by atoms with Crippen LogP contribution < -0.4 is 10.6 Å². The van der Waals surface area contributed by atoms with Gasteiger partial charge in [-0.1, -0.05) is 42.9 Å². The zero-order valence-electron chi connectivity index (χ0n) is 12.2. The Labute approximate surface area is 122 Å². The van der Waals surface area contributed by atoms with Crippen LogP contribution in [-0.4, -0.2) is 18.6 Å². The van der Waals surface area contributed by atoms with Crippen LogP contribution in [0.4, 0.5) is 0 Å². The van der Waals surface area contributed by atoms with Gasteiger partial charge in [-0.25, -0.2) is 0 Å². The lowest BCUT2D eigenvalue weighted by Gasteiger charge is -2.32.